The van der Waals surface area contributed by atoms with Gasteiger partial charge in [-0.05, 0) is 51.7 Å². The highest BCUT2D eigenvalue weighted by Gasteiger charge is 2.23. The quantitative estimate of drug-likeness (QED) is 0.619. The second-order valence-electron chi connectivity index (χ2n) is 8.12. The molecule has 3 aromatic rings. The SMILES string of the molecule is CC(C)Nc1c(C(=O)NC2CCC(N)CC2)cnn2cc(-c3cccnc3)cc12. The lowest BCUT2D eigenvalue weighted by atomic mass is 9.91. The number of nitrogens with one attached hydrogen (secondary N) is 2. The predicted molar refractivity (Wildman–Crippen MR) is 115 cm³/mol. The fourth-order valence-corrected chi connectivity index (χ4v) is 3.89. The van der Waals surface area contributed by atoms with E-state index >= 15 is 0 Å². The van der Waals surface area contributed by atoms with Gasteiger partial charge in [-0.1, -0.05) is 6.07 Å². The number of aromatic nitrogens is 3. The van der Waals surface area contributed by atoms with Gasteiger partial charge in [0.1, 0.15) is 0 Å². The first-order valence-electron chi connectivity index (χ1n) is 10.3. The maximum Gasteiger partial charge on any atom is 0.255 e. The number of carbonyl (C=O) groups excluding carboxylic acids is 1. The zero-order valence-electron chi connectivity index (χ0n) is 16.9. The average molecular weight is 393 g/mol. The zero-order chi connectivity index (χ0) is 20.4. The molecular weight excluding hydrogens is 364 g/mol. The molecule has 0 bridgehead atoms. The monoisotopic (exact) mass is 392 g/mol. The van der Waals surface area contributed by atoms with Gasteiger partial charge in [-0.3, -0.25) is 9.78 Å². The van der Waals surface area contributed by atoms with Crippen LogP contribution in [-0.4, -0.2) is 38.6 Å². The third-order valence-corrected chi connectivity index (χ3v) is 5.42. The van der Waals surface area contributed by atoms with Crippen molar-refractivity contribution in [1.82, 2.24) is 19.9 Å². The Labute approximate surface area is 170 Å². The van der Waals surface area contributed by atoms with E-state index < -0.39 is 0 Å². The smallest absolute Gasteiger partial charge is 0.255 e. The van der Waals surface area contributed by atoms with Crippen LogP contribution in [0.3, 0.4) is 0 Å². The summed E-state index contributed by atoms with van der Waals surface area (Å²) in [7, 11) is 0. The highest BCUT2D eigenvalue weighted by atomic mass is 16.1. The average Bonchev–Trinajstić information content (AvgIpc) is 3.15. The molecular formula is C22H28N6O. The third kappa shape index (κ3) is 4.24. The fraction of sp³-hybridized carbons (Fsp3) is 0.409. The van der Waals surface area contributed by atoms with Gasteiger partial charge in [-0.15, -0.1) is 0 Å². The molecule has 7 nitrogen and oxygen atoms in total. The zero-order valence-corrected chi connectivity index (χ0v) is 16.9. The first kappa shape index (κ1) is 19.4. The van der Waals surface area contributed by atoms with Crippen molar-refractivity contribution in [3.63, 3.8) is 0 Å². The summed E-state index contributed by atoms with van der Waals surface area (Å²) in [4.78, 5) is 17.3. The lowest BCUT2D eigenvalue weighted by Crippen LogP contribution is -2.40. The fourth-order valence-electron chi connectivity index (χ4n) is 3.89. The normalized spacial score (nSPS) is 19.4. The minimum absolute atomic E-state index is 0.0900. The Morgan fingerprint density at radius 2 is 2.00 bits per heavy atom. The van der Waals surface area contributed by atoms with Crippen molar-refractivity contribution in [3.05, 3.63) is 48.5 Å². The van der Waals surface area contributed by atoms with Gasteiger partial charge >= 0.3 is 0 Å². The van der Waals surface area contributed by atoms with Crippen molar-refractivity contribution in [2.75, 3.05) is 5.32 Å². The van der Waals surface area contributed by atoms with Gasteiger partial charge in [0.05, 0.1) is 23.0 Å². The molecule has 0 radical (unpaired) electrons. The number of hydrogen-bond donors (Lipinski definition) is 3. The molecule has 1 aliphatic rings. The molecule has 3 aromatic heterocycles. The van der Waals surface area contributed by atoms with Gasteiger partial charge in [0.15, 0.2) is 0 Å². The lowest BCUT2D eigenvalue weighted by molar-refractivity contribution is 0.0926. The molecule has 1 saturated carbocycles. The Bertz CT molecular complexity index is 989. The molecule has 29 heavy (non-hydrogen) atoms. The Hall–Kier alpha value is -2.93. The number of rotatable bonds is 5. The molecule has 1 fully saturated rings. The first-order chi connectivity index (χ1) is 14.0. The van der Waals surface area contributed by atoms with Crippen LogP contribution in [0.1, 0.15) is 49.9 Å². The van der Waals surface area contributed by atoms with E-state index in [1.54, 1.807) is 12.4 Å². The van der Waals surface area contributed by atoms with Crippen LogP contribution in [0, 0.1) is 0 Å². The maximum absolute atomic E-state index is 13.1. The number of anilines is 1. The van der Waals surface area contributed by atoms with Crippen molar-refractivity contribution in [3.8, 4) is 11.1 Å². The number of amides is 1. The minimum atomic E-state index is -0.0900. The molecule has 0 aromatic carbocycles. The molecule has 0 atom stereocenters. The number of nitrogens with zero attached hydrogens (tertiary/aromatic N) is 3. The van der Waals surface area contributed by atoms with Crippen molar-refractivity contribution in [2.45, 2.75) is 57.7 Å². The van der Waals surface area contributed by atoms with Gasteiger partial charge in [0, 0.05) is 47.8 Å². The van der Waals surface area contributed by atoms with Gasteiger partial charge in [-0.25, -0.2) is 4.52 Å². The molecule has 0 unspecified atom stereocenters. The topological polar surface area (TPSA) is 97.3 Å². The summed E-state index contributed by atoms with van der Waals surface area (Å²) in [6.45, 7) is 4.12. The van der Waals surface area contributed by atoms with E-state index in [4.69, 9.17) is 5.73 Å². The molecule has 0 aliphatic heterocycles. The summed E-state index contributed by atoms with van der Waals surface area (Å²) < 4.78 is 1.81. The van der Waals surface area contributed by atoms with Gasteiger partial charge in [0.25, 0.3) is 5.91 Å². The number of carbonyl (C=O) groups is 1. The highest BCUT2D eigenvalue weighted by Crippen LogP contribution is 2.29. The van der Waals surface area contributed by atoms with Crippen LogP contribution in [0.2, 0.25) is 0 Å². The largest absolute Gasteiger partial charge is 0.380 e. The van der Waals surface area contributed by atoms with Crippen molar-refractivity contribution in [1.29, 1.82) is 0 Å². The van der Waals surface area contributed by atoms with E-state index in [0.717, 1.165) is 48.0 Å². The van der Waals surface area contributed by atoms with E-state index in [1.165, 1.54) is 0 Å². The molecule has 4 N–H and O–H groups in total. The number of fused-ring (bicyclic) bond motifs is 1. The lowest BCUT2D eigenvalue weighted by Gasteiger charge is -2.27. The molecule has 3 heterocycles. The van der Waals surface area contributed by atoms with E-state index in [0.29, 0.717) is 5.56 Å². The summed E-state index contributed by atoms with van der Waals surface area (Å²) in [5.41, 5.74) is 10.3. The summed E-state index contributed by atoms with van der Waals surface area (Å²) in [6.07, 6.45) is 10.9. The van der Waals surface area contributed by atoms with E-state index in [-0.39, 0.29) is 24.0 Å². The van der Waals surface area contributed by atoms with Crippen LogP contribution in [-0.2, 0) is 0 Å². The Kier molecular flexibility index (Phi) is 5.49. The van der Waals surface area contributed by atoms with Gasteiger partial charge < -0.3 is 16.4 Å². The second kappa shape index (κ2) is 8.21. The van der Waals surface area contributed by atoms with Crippen molar-refractivity contribution >= 4 is 17.1 Å². The first-order valence-corrected chi connectivity index (χ1v) is 10.3. The molecule has 7 heteroatoms. The van der Waals surface area contributed by atoms with Crippen LogP contribution < -0.4 is 16.4 Å². The number of pyridine rings is 1. The van der Waals surface area contributed by atoms with Crippen LogP contribution in [0.5, 0.6) is 0 Å². The summed E-state index contributed by atoms with van der Waals surface area (Å²) in [5.74, 6) is -0.0900. The van der Waals surface area contributed by atoms with Crippen molar-refractivity contribution in [2.24, 2.45) is 5.73 Å². The van der Waals surface area contributed by atoms with Crippen LogP contribution in [0.4, 0.5) is 5.69 Å². The second-order valence-corrected chi connectivity index (χ2v) is 8.12. The minimum Gasteiger partial charge on any atom is -0.380 e. The van der Waals surface area contributed by atoms with Crippen LogP contribution in [0.15, 0.2) is 43.0 Å². The van der Waals surface area contributed by atoms with Crippen LogP contribution >= 0.6 is 0 Å². The Morgan fingerprint density at radius 1 is 1.21 bits per heavy atom. The van der Waals surface area contributed by atoms with E-state index in [2.05, 4.69) is 34.6 Å². The molecule has 1 aliphatic carbocycles. The van der Waals surface area contributed by atoms with E-state index in [9.17, 15) is 4.79 Å². The van der Waals surface area contributed by atoms with Crippen LogP contribution in [0.25, 0.3) is 16.6 Å². The van der Waals surface area contributed by atoms with Crippen molar-refractivity contribution < 1.29 is 4.79 Å². The molecule has 152 valence electrons. The molecule has 0 spiro atoms. The standard InChI is InChI=1S/C22H28N6O/c1-14(2)26-21-19(22(29)27-18-7-5-17(23)6-8-18)12-25-28-13-16(10-20(21)28)15-4-3-9-24-11-15/h3-4,9-14,17-18,26H,5-8,23H2,1-2H3,(H,27,29). The number of hydrogen-bond acceptors (Lipinski definition) is 5. The summed E-state index contributed by atoms with van der Waals surface area (Å²) in [6, 6.07) is 6.57. The summed E-state index contributed by atoms with van der Waals surface area (Å²) >= 11 is 0. The van der Waals surface area contributed by atoms with Gasteiger partial charge in [-0.2, -0.15) is 5.10 Å². The summed E-state index contributed by atoms with van der Waals surface area (Å²) in [5, 5.41) is 11.1. The Balaban J connectivity index is 1.68. The Morgan fingerprint density at radius 3 is 2.69 bits per heavy atom. The molecule has 4 rings (SSSR count). The molecule has 1 amide bonds. The third-order valence-electron chi connectivity index (χ3n) is 5.42. The van der Waals surface area contributed by atoms with E-state index in [1.807, 2.05) is 35.1 Å². The predicted octanol–water partition coefficient (Wildman–Crippen LogP) is 3.22. The maximum atomic E-state index is 13.1. The number of nitrogens with two attached hydrogens (primary N) is 1. The van der Waals surface area contributed by atoms with Gasteiger partial charge in [0.2, 0.25) is 0 Å². The molecule has 0 saturated heterocycles. The highest BCUT2D eigenvalue weighted by molar-refractivity contribution is 6.03.